The smallest absolute Gasteiger partial charge is 0.345 e. The lowest BCUT2D eigenvalue weighted by molar-refractivity contribution is -0.134. The second-order valence-corrected chi connectivity index (χ2v) is 16.5. The number of para-hydroxylation sites is 1. The number of carbonyl (C=O) groups is 4. The summed E-state index contributed by atoms with van der Waals surface area (Å²) in [5.74, 6) is -3.31. The highest BCUT2D eigenvalue weighted by molar-refractivity contribution is 7.92. The standard InChI is InChI=1S/C30H36N4O7S.C7H17NO5/c1-30(2,3)25(35)17-33-24-15-8-7-14-23(24)28(20-10-5-4-6-11-20)32-34(29(33)39)18-26(36)31-21-12-9-13-22(16-21)42(40,41)19-27(37)38;1-8-2-4(10)6(12)7(13)5(11)3-9/h7-9,12-16,20H,4-6,10-11,17-19H2,1-3H3,(H,31,36)(H,37,38);4-13H,2-3H2,1H3/t;4-,5+,6+,7+/m.0/s1. The second kappa shape index (κ2) is 20.0. The number of urea groups is 1. The van der Waals surface area contributed by atoms with Gasteiger partial charge in [0.25, 0.3) is 0 Å². The van der Waals surface area contributed by atoms with E-state index in [1.807, 2.05) is 12.1 Å². The summed E-state index contributed by atoms with van der Waals surface area (Å²) in [6, 6.07) is 12.0. The number of hydrazone groups is 1. The molecule has 0 spiro atoms. The molecule has 4 atom stereocenters. The molecule has 18 heteroatoms. The number of fused-ring (bicyclic) bond motifs is 1. The number of anilines is 2. The first-order valence-electron chi connectivity index (χ1n) is 17.9. The van der Waals surface area contributed by atoms with Gasteiger partial charge in [-0.2, -0.15) is 5.10 Å². The van der Waals surface area contributed by atoms with Crippen molar-refractivity contribution in [2.45, 2.75) is 82.2 Å². The first kappa shape index (κ1) is 45.1. The van der Waals surface area contributed by atoms with Crippen molar-refractivity contribution in [3.63, 3.8) is 0 Å². The molecule has 1 fully saturated rings. The van der Waals surface area contributed by atoms with Crippen molar-refractivity contribution < 1.29 is 58.2 Å². The summed E-state index contributed by atoms with van der Waals surface area (Å²) in [5, 5.41) is 64.8. The molecule has 1 aliphatic carbocycles. The van der Waals surface area contributed by atoms with Gasteiger partial charge >= 0.3 is 12.0 Å². The molecule has 17 nitrogen and oxygen atoms in total. The summed E-state index contributed by atoms with van der Waals surface area (Å²) in [5.41, 5.74) is 1.41. The minimum absolute atomic E-state index is 0.0765. The van der Waals surface area contributed by atoms with Crippen LogP contribution in [0.3, 0.4) is 0 Å². The quantitative estimate of drug-likeness (QED) is 0.125. The molecule has 0 aromatic heterocycles. The first-order valence-corrected chi connectivity index (χ1v) is 19.6. The van der Waals surface area contributed by atoms with Crippen LogP contribution in [0.2, 0.25) is 0 Å². The normalized spacial score (nSPS) is 17.4. The van der Waals surface area contributed by atoms with E-state index in [0.29, 0.717) is 11.4 Å². The third-order valence-corrected chi connectivity index (χ3v) is 10.7. The monoisotopic (exact) mass is 791 g/mol. The Morgan fingerprint density at radius 2 is 1.56 bits per heavy atom. The Labute approximate surface area is 320 Å². The van der Waals surface area contributed by atoms with Crippen LogP contribution in [-0.2, 0) is 24.2 Å². The fourth-order valence-electron chi connectivity index (χ4n) is 5.95. The number of carboxylic acid groups (broad SMARTS) is 1. The van der Waals surface area contributed by atoms with Gasteiger partial charge in [0.05, 0.1) is 35.6 Å². The topological polar surface area (TPSA) is 267 Å². The fraction of sp³-hybridized carbons (Fsp3) is 0.541. The number of aliphatic hydroxyl groups excluding tert-OH is 5. The second-order valence-electron chi connectivity index (χ2n) is 14.5. The number of nitrogens with one attached hydrogen (secondary N) is 2. The van der Waals surface area contributed by atoms with E-state index < -0.39 is 76.5 Å². The van der Waals surface area contributed by atoms with Gasteiger partial charge in [-0.3, -0.25) is 19.3 Å². The van der Waals surface area contributed by atoms with E-state index in [2.05, 4.69) is 10.6 Å². The zero-order valence-corrected chi connectivity index (χ0v) is 32.3. The molecule has 0 radical (unpaired) electrons. The number of rotatable bonds is 15. The Morgan fingerprint density at radius 1 is 0.927 bits per heavy atom. The average Bonchev–Trinajstić information content (AvgIpc) is 3.24. The van der Waals surface area contributed by atoms with E-state index in [1.165, 1.54) is 29.2 Å². The molecular weight excluding hydrogens is 738 g/mol. The number of carbonyl (C=O) groups excluding carboxylic acids is 3. The summed E-state index contributed by atoms with van der Waals surface area (Å²) in [6.45, 7) is 4.08. The van der Waals surface area contributed by atoms with Crippen molar-refractivity contribution in [2.75, 3.05) is 49.3 Å². The van der Waals surface area contributed by atoms with Crippen molar-refractivity contribution in [3.8, 4) is 0 Å². The third-order valence-electron chi connectivity index (χ3n) is 9.10. The lowest BCUT2D eigenvalue weighted by atomic mass is 9.83. The Bertz CT molecular complexity index is 1790. The number of ketones is 1. The van der Waals surface area contributed by atoms with Crippen molar-refractivity contribution >= 4 is 50.6 Å². The van der Waals surface area contributed by atoms with Crippen LogP contribution in [0.4, 0.5) is 16.2 Å². The largest absolute Gasteiger partial charge is 0.480 e. The lowest BCUT2D eigenvalue weighted by Crippen LogP contribution is -2.48. The lowest BCUT2D eigenvalue weighted by Gasteiger charge is -2.28. The number of aliphatic hydroxyl groups is 5. The molecule has 1 heterocycles. The average molecular weight is 792 g/mol. The van der Waals surface area contributed by atoms with Crippen LogP contribution in [0.25, 0.3) is 0 Å². The van der Waals surface area contributed by atoms with Crippen molar-refractivity contribution in [3.05, 3.63) is 54.1 Å². The van der Waals surface area contributed by atoms with Crippen LogP contribution in [0.5, 0.6) is 0 Å². The van der Waals surface area contributed by atoms with E-state index in [9.17, 15) is 32.7 Å². The Hall–Kier alpha value is -4.30. The van der Waals surface area contributed by atoms with Crippen LogP contribution in [0.15, 0.2) is 58.5 Å². The number of amides is 3. The molecule has 2 aromatic rings. The van der Waals surface area contributed by atoms with Crippen LogP contribution >= 0.6 is 0 Å². The maximum atomic E-state index is 14.0. The van der Waals surface area contributed by atoms with Crippen LogP contribution < -0.4 is 15.5 Å². The minimum atomic E-state index is -4.12. The van der Waals surface area contributed by atoms with Crippen LogP contribution in [0, 0.1) is 11.3 Å². The minimum Gasteiger partial charge on any atom is -0.480 e. The third kappa shape index (κ3) is 12.6. The molecule has 0 unspecified atom stereocenters. The highest BCUT2D eigenvalue weighted by Gasteiger charge is 2.36. The van der Waals surface area contributed by atoms with Gasteiger partial charge in [-0.05, 0) is 44.2 Å². The van der Waals surface area contributed by atoms with Crippen molar-refractivity contribution in [1.82, 2.24) is 10.3 Å². The summed E-state index contributed by atoms with van der Waals surface area (Å²) in [7, 11) is -2.54. The predicted octanol–water partition coefficient (Wildman–Crippen LogP) is 0.967. The zero-order chi connectivity index (χ0) is 41.1. The summed E-state index contributed by atoms with van der Waals surface area (Å²) in [4.78, 5) is 52.4. The number of nitrogens with zero attached hydrogens (tertiary/aromatic N) is 3. The molecule has 0 saturated heterocycles. The van der Waals surface area contributed by atoms with Gasteiger partial charge in [0.1, 0.15) is 24.9 Å². The highest BCUT2D eigenvalue weighted by Crippen LogP contribution is 2.34. The van der Waals surface area contributed by atoms with Gasteiger partial charge in [-0.1, -0.05) is 64.3 Å². The SMILES string of the molecule is CC(C)(C)C(=O)CN1C(=O)N(CC(=O)Nc2cccc(S(=O)(=O)CC(=O)O)c2)N=C(C2CCCCC2)c2ccccc21.CNC[C@H](O)[C@@H](O)[C@H](O)[C@H](O)CO. The van der Waals surface area contributed by atoms with Gasteiger partial charge in [0.2, 0.25) is 5.91 Å². The number of hydrogen-bond acceptors (Lipinski definition) is 13. The first-order chi connectivity index (χ1) is 25.8. The molecule has 304 valence electrons. The molecule has 2 aromatic carbocycles. The zero-order valence-electron chi connectivity index (χ0n) is 31.5. The number of likely N-dealkylation sites (N-methyl/N-ethyl adjacent to an activating group) is 1. The molecular formula is C37H53N5O12S. The van der Waals surface area contributed by atoms with Gasteiger partial charge < -0.3 is 41.3 Å². The molecule has 1 aliphatic heterocycles. The highest BCUT2D eigenvalue weighted by atomic mass is 32.2. The van der Waals surface area contributed by atoms with E-state index in [1.54, 1.807) is 40.0 Å². The fourth-order valence-corrected chi connectivity index (χ4v) is 7.04. The number of benzene rings is 2. The number of sulfone groups is 1. The van der Waals surface area contributed by atoms with Crippen LogP contribution in [0.1, 0.15) is 58.4 Å². The van der Waals surface area contributed by atoms with Crippen LogP contribution in [-0.4, -0.2) is 137 Å². The van der Waals surface area contributed by atoms with E-state index >= 15 is 0 Å². The number of Topliss-reactive ketones (excluding diaryl/α,β-unsaturated/α-hetero) is 1. The summed E-state index contributed by atoms with van der Waals surface area (Å²) in [6.07, 6.45) is -0.712. The van der Waals surface area contributed by atoms with Gasteiger partial charge in [0.15, 0.2) is 21.4 Å². The molecule has 4 rings (SSSR count). The van der Waals surface area contributed by atoms with Gasteiger partial charge in [-0.15, -0.1) is 0 Å². The van der Waals surface area contributed by atoms with E-state index in [4.69, 9.17) is 30.6 Å². The molecule has 55 heavy (non-hydrogen) atoms. The Balaban J connectivity index is 0.000000534. The summed E-state index contributed by atoms with van der Waals surface area (Å²) < 4.78 is 24.7. The van der Waals surface area contributed by atoms with E-state index in [0.717, 1.165) is 42.7 Å². The molecule has 2 aliphatic rings. The maximum Gasteiger partial charge on any atom is 0.345 e. The predicted molar refractivity (Wildman–Crippen MR) is 203 cm³/mol. The number of hydrogen-bond donors (Lipinski definition) is 8. The number of carboxylic acids is 1. The molecule has 8 N–H and O–H groups in total. The molecule has 3 amide bonds. The van der Waals surface area contributed by atoms with E-state index in [-0.39, 0.29) is 35.4 Å². The molecule has 0 bridgehead atoms. The Kier molecular flexibility index (Phi) is 16.4. The summed E-state index contributed by atoms with van der Waals surface area (Å²) >= 11 is 0. The van der Waals surface area contributed by atoms with Crippen molar-refractivity contribution in [2.24, 2.45) is 16.4 Å². The number of aliphatic carboxylic acids is 1. The maximum absolute atomic E-state index is 14.0. The van der Waals surface area contributed by atoms with Gasteiger partial charge in [0, 0.05) is 29.1 Å². The molecule has 1 saturated carbocycles. The van der Waals surface area contributed by atoms with Gasteiger partial charge in [-0.25, -0.2) is 18.2 Å². The Morgan fingerprint density at radius 3 is 2.16 bits per heavy atom. The van der Waals surface area contributed by atoms with Crippen molar-refractivity contribution in [1.29, 1.82) is 0 Å².